The minimum Gasteiger partial charge on any atom is -0.324 e. The first-order valence-electron chi connectivity index (χ1n) is 9.07. The minimum absolute atomic E-state index is 0.0968. The summed E-state index contributed by atoms with van der Waals surface area (Å²) in [5, 5.41) is 13.8. The summed E-state index contributed by atoms with van der Waals surface area (Å²) >= 11 is 0. The lowest BCUT2D eigenvalue weighted by Gasteiger charge is -2.29. The van der Waals surface area contributed by atoms with Crippen LogP contribution in [0.15, 0.2) is 42.5 Å². The van der Waals surface area contributed by atoms with E-state index in [9.17, 15) is 23.3 Å². The maximum Gasteiger partial charge on any atom is 0.271 e. The number of nitro groups is 1. The van der Waals surface area contributed by atoms with Gasteiger partial charge in [-0.3, -0.25) is 19.2 Å². The maximum absolute atomic E-state index is 12.8. The van der Waals surface area contributed by atoms with Gasteiger partial charge in [-0.25, -0.2) is 8.42 Å². The van der Waals surface area contributed by atoms with Crippen molar-refractivity contribution in [2.24, 2.45) is 0 Å². The summed E-state index contributed by atoms with van der Waals surface area (Å²) in [5.74, 6) is -0.199. The smallest absolute Gasteiger partial charge is 0.271 e. The van der Waals surface area contributed by atoms with Gasteiger partial charge in [-0.15, -0.1) is 0 Å². The van der Waals surface area contributed by atoms with Crippen molar-refractivity contribution < 1.29 is 18.1 Å². The molecule has 29 heavy (non-hydrogen) atoms. The van der Waals surface area contributed by atoms with E-state index in [1.165, 1.54) is 19.1 Å². The number of nitrogens with zero attached hydrogens (tertiary/aromatic N) is 2. The number of carbonyl (C=O) groups excluding carboxylic acids is 1. The van der Waals surface area contributed by atoms with Crippen LogP contribution in [0.4, 0.5) is 17.1 Å². The fourth-order valence-electron chi connectivity index (χ4n) is 2.93. The Balaban J connectivity index is 2.37. The van der Waals surface area contributed by atoms with Gasteiger partial charge in [0.1, 0.15) is 6.04 Å². The Kier molecular flexibility index (Phi) is 6.63. The van der Waals surface area contributed by atoms with Gasteiger partial charge in [0, 0.05) is 17.8 Å². The van der Waals surface area contributed by atoms with E-state index in [0.29, 0.717) is 17.2 Å². The van der Waals surface area contributed by atoms with Gasteiger partial charge >= 0.3 is 0 Å². The highest BCUT2D eigenvalue weighted by Crippen LogP contribution is 2.29. The van der Waals surface area contributed by atoms with Crippen LogP contribution in [0.2, 0.25) is 0 Å². The van der Waals surface area contributed by atoms with E-state index in [4.69, 9.17) is 0 Å². The summed E-state index contributed by atoms with van der Waals surface area (Å²) in [5.41, 5.74) is 1.99. The molecular weight excluding hydrogens is 394 g/mol. The molecule has 1 N–H and O–H groups in total. The molecule has 0 aromatic heterocycles. The number of nitrogens with one attached hydrogen (secondary N) is 1. The zero-order valence-corrected chi connectivity index (χ0v) is 17.9. The normalized spacial score (nSPS) is 12.5. The van der Waals surface area contributed by atoms with Gasteiger partial charge in [0.05, 0.1) is 16.9 Å². The second-order valence-electron chi connectivity index (χ2n) is 7.23. The van der Waals surface area contributed by atoms with E-state index < -0.39 is 26.9 Å². The molecule has 0 fully saturated rings. The molecule has 0 spiro atoms. The first-order chi connectivity index (χ1) is 13.4. The standard InChI is InChI=1S/C20H25N3O5S/c1-13(2)16-7-9-17(10-8-16)21-20(24)15(4)22(29(5,27)28)19-12-18(23(25)26)11-6-14(19)3/h6-13,15H,1-5H3,(H,21,24). The number of rotatable bonds is 7. The molecule has 0 aliphatic heterocycles. The van der Waals surface area contributed by atoms with Crippen molar-refractivity contribution >= 4 is 33.0 Å². The molecule has 2 rings (SSSR count). The largest absolute Gasteiger partial charge is 0.324 e. The first kappa shape index (κ1) is 22.4. The third kappa shape index (κ3) is 5.32. The Morgan fingerprint density at radius 1 is 1.10 bits per heavy atom. The van der Waals surface area contributed by atoms with E-state index in [1.54, 1.807) is 19.1 Å². The van der Waals surface area contributed by atoms with E-state index in [0.717, 1.165) is 22.2 Å². The number of benzene rings is 2. The van der Waals surface area contributed by atoms with Crippen LogP contribution >= 0.6 is 0 Å². The summed E-state index contributed by atoms with van der Waals surface area (Å²) < 4.78 is 25.8. The van der Waals surface area contributed by atoms with Gasteiger partial charge in [0.15, 0.2) is 0 Å². The van der Waals surface area contributed by atoms with Gasteiger partial charge in [0.2, 0.25) is 15.9 Å². The van der Waals surface area contributed by atoms with Crippen LogP contribution in [0.1, 0.15) is 37.8 Å². The fraction of sp³-hybridized carbons (Fsp3) is 0.350. The van der Waals surface area contributed by atoms with Crippen molar-refractivity contribution in [1.29, 1.82) is 0 Å². The number of non-ortho nitro benzene ring substituents is 1. The van der Waals surface area contributed by atoms with Crippen LogP contribution in [0.25, 0.3) is 0 Å². The average Bonchev–Trinajstić information content (AvgIpc) is 2.62. The lowest BCUT2D eigenvalue weighted by atomic mass is 10.0. The molecule has 0 aliphatic carbocycles. The number of anilines is 2. The predicted molar refractivity (Wildman–Crippen MR) is 114 cm³/mol. The van der Waals surface area contributed by atoms with Gasteiger partial charge in [-0.05, 0) is 43.0 Å². The summed E-state index contributed by atoms with van der Waals surface area (Å²) in [6, 6.07) is 10.1. The molecule has 0 heterocycles. The fourth-order valence-corrected chi connectivity index (χ4v) is 4.15. The number of carbonyl (C=O) groups is 1. The van der Waals surface area contributed by atoms with Crippen LogP contribution in [-0.4, -0.2) is 31.5 Å². The van der Waals surface area contributed by atoms with E-state index in [1.807, 2.05) is 12.1 Å². The van der Waals surface area contributed by atoms with Crippen LogP contribution in [0, 0.1) is 17.0 Å². The Hall–Kier alpha value is -2.94. The second kappa shape index (κ2) is 8.60. The Morgan fingerprint density at radius 3 is 2.17 bits per heavy atom. The third-order valence-corrected chi connectivity index (χ3v) is 5.80. The van der Waals surface area contributed by atoms with Crippen molar-refractivity contribution in [3.63, 3.8) is 0 Å². The minimum atomic E-state index is -3.89. The van der Waals surface area contributed by atoms with Crippen LogP contribution in [0.5, 0.6) is 0 Å². The van der Waals surface area contributed by atoms with Gasteiger partial charge in [-0.2, -0.15) is 0 Å². The van der Waals surface area contributed by atoms with Crippen molar-refractivity contribution in [2.45, 2.75) is 39.7 Å². The summed E-state index contributed by atoms with van der Waals surface area (Å²) in [4.78, 5) is 23.3. The number of hydrogen-bond acceptors (Lipinski definition) is 5. The molecule has 156 valence electrons. The highest BCUT2D eigenvalue weighted by molar-refractivity contribution is 7.92. The van der Waals surface area contributed by atoms with E-state index >= 15 is 0 Å². The second-order valence-corrected chi connectivity index (χ2v) is 9.09. The molecule has 0 saturated carbocycles. The lowest BCUT2D eigenvalue weighted by Crippen LogP contribution is -2.45. The van der Waals surface area contributed by atoms with E-state index in [2.05, 4.69) is 19.2 Å². The number of nitro benzene ring substituents is 1. The number of aryl methyl sites for hydroxylation is 1. The Bertz CT molecular complexity index is 1020. The van der Waals surface area contributed by atoms with Gasteiger partial charge in [-0.1, -0.05) is 32.0 Å². The SMILES string of the molecule is Cc1ccc([N+](=O)[O-])cc1N(C(C)C(=O)Nc1ccc(C(C)C)cc1)S(C)(=O)=O. The summed E-state index contributed by atoms with van der Waals surface area (Å²) in [6.07, 6.45) is 0.965. The first-order valence-corrected chi connectivity index (χ1v) is 10.9. The topological polar surface area (TPSA) is 110 Å². The molecule has 2 aromatic carbocycles. The molecule has 0 saturated heterocycles. The zero-order chi connectivity index (χ0) is 21.9. The molecule has 9 heteroatoms. The molecule has 0 aliphatic rings. The predicted octanol–water partition coefficient (Wildman–Crippen LogP) is 3.82. The van der Waals surface area contributed by atoms with Crippen LogP contribution in [0.3, 0.4) is 0 Å². The lowest BCUT2D eigenvalue weighted by molar-refractivity contribution is -0.384. The molecule has 0 radical (unpaired) electrons. The van der Waals surface area contributed by atoms with E-state index in [-0.39, 0.29) is 11.4 Å². The highest BCUT2D eigenvalue weighted by atomic mass is 32.2. The van der Waals surface area contributed by atoms with Crippen molar-refractivity contribution in [1.82, 2.24) is 0 Å². The van der Waals surface area contributed by atoms with Crippen molar-refractivity contribution in [3.8, 4) is 0 Å². The molecule has 0 bridgehead atoms. The Morgan fingerprint density at radius 2 is 1.69 bits per heavy atom. The monoisotopic (exact) mass is 419 g/mol. The summed E-state index contributed by atoms with van der Waals surface area (Å²) in [7, 11) is -3.89. The molecular formula is C20H25N3O5S. The van der Waals surface area contributed by atoms with Crippen molar-refractivity contribution in [3.05, 3.63) is 63.7 Å². The van der Waals surface area contributed by atoms with Crippen molar-refractivity contribution in [2.75, 3.05) is 15.9 Å². The van der Waals surface area contributed by atoms with Gasteiger partial charge in [0.25, 0.3) is 5.69 Å². The number of amides is 1. The quantitative estimate of drug-likeness (QED) is 0.542. The third-order valence-electron chi connectivity index (χ3n) is 4.57. The van der Waals surface area contributed by atoms with Crippen LogP contribution in [-0.2, 0) is 14.8 Å². The zero-order valence-electron chi connectivity index (χ0n) is 17.0. The molecule has 1 atom stereocenters. The Labute approximate surface area is 170 Å². The molecule has 8 nitrogen and oxygen atoms in total. The van der Waals surface area contributed by atoms with Crippen LogP contribution < -0.4 is 9.62 Å². The van der Waals surface area contributed by atoms with Gasteiger partial charge < -0.3 is 5.32 Å². The number of sulfonamides is 1. The number of hydrogen-bond donors (Lipinski definition) is 1. The molecule has 1 unspecified atom stereocenters. The summed E-state index contributed by atoms with van der Waals surface area (Å²) in [6.45, 7) is 7.19. The maximum atomic E-state index is 12.8. The molecule has 2 aromatic rings. The molecule has 1 amide bonds. The average molecular weight is 420 g/mol. The highest BCUT2D eigenvalue weighted by Gasteiger charge is 2.31.